The summed E-state index contributed by atoms with van der Waals surface area (Å²) in [6.45, 7) is 2.55. The number of urea groups is 1. The van der Waals surface area contributed by atoms with Gasteiger partial charge in [-0.15, -0.1) is 0 Å². The lowest BCUT2D eigenvalue weighted by Crippen LogP contribution is -2.46. The molecule has 0 saturated heterocycles. The summed E-state index contributed by atoms with van der Waals surface area (Å²) in [4.78, 5) is 23.9. The third-order valence-electron chi connectivity index (χ3n) is 3.29. The molecule has 0 aromatic carbocycles. The van der Waals surface area contributed by atoms with Gasteiger partial charge in [0.15, 0.2) is 0 Å². The molecule has 0 radical (unpaired) electrons. The number of nitrogens with one attached hydrogen (secondary N) is 1. The molecule has 1 fully saturated rings. The van der Waals surface area contributed by atoms with Crippen LogP contribution in [0, 0.1) is 0 Å². The molecule has 1 aliphatic carbocycles. The lowest BCUT2D eigenvalue weighted by molar-refractivity contribution is -0.137. The Kier molecular flexibility index (Phi) is 5.91. The summed E-state index contributed by atoms with van der Waals surface area (Å²) >= 11 is 0. The number of rotatable bonds is 5. The van der Waals surface area contributed by atoms with Gasteiger partial charge in [0, 0.05) is 19.1 Å². The zero-order valence-corrected chi connectivity index (χ0v) is 10.8. The van der Waals surface area contributed by atoms with Gasteiger partial charge in [0.05, 0.1) is 12.5 Å². The maximum Gasteiger partial charge on any atom is 0.317 e. The fourth-order valence-electron chi connectivity index (χ4n) is 2.12. The van der Waals surface area contributed by atoms with E-state index in [4.69, 9.17) is 5.11 Å². The number of carboxylic acids is 1. The Morgan fingerprint density at radius 1 is 1.28 bits per heavy atom. The molecular formula is C12H22N2O4. The van der Waals surface area contributed by atoms with E-state index in [0.29, 0.717) is 19.4 Å². The highest BCUT2D eigenvalue weighted by Crippen LogP contribution is 2.18. The van der Waals surface area contributed by atoms with Crippen LogP contribution in [0.5, 0.6) is 0 Å². The minimum absolute atomic E-state index is 0.0371. The smallest absolute Gasteiger partial charge is 0.317 e. The molecule has 0 bridgehead atoms. The minimum Gasteiger partial charge on any atom is -0.481 e. The molecule has 0 aromatic heterocycles. The van der Waals surface area contributed by atoms with Crippen LogP contribution in [0.4, 0.5) is 4.79 Å². The van der Waals surface area contributed by atoms with E-state index in [9.17, 15) is 14.7 Å². The topological polar surface area (TPSA) is 89.9 Å². The van der Waals surface area contributed by atoms with Gasteiger partial charge in [-0.05, 0) is 32.6 Å². The number of carbonyl (C=O) groups excluding carboxylic acids is 1. The van der Waals surface area contributed by atoms with E-state index in [1.165, 1.54) is 4.90 Å². The number of hydrogen-bond acceptors (Lipinski definition) is 3. The molecule has 3 N–H and O–H groups in total. The van der Waals surface area contributed by atoms with Crippen molar-refractivity contribution in [2.45, 2.75) is 51.2 Å². The lowest BCUT2D eigenvalue weighted by atomic mass is 9.93. The molecule has 18 heavy (non-hydrogen) atoms. The van der Waals surface area contributed by atoms with Crippen molar-refractivity contribution in [1.29, 1.82) is 0 Å². The molecule has 0 heterocycles. The number of amides is 2. The number of carboxylic acid groups (broad SMARTS) is 1. The zero-order chi connectivity index (χ0) is 13.5. The Morgan fingerprint density at radius 3 is 2.39 bits per heavy atom. The molecule has 0 spiro atoms. The summed E-state index contributed by atoms with van der Waals surface area (Å²) in [7, 11) is 0. The van der Waals surface area contributed by atoms with Gasteiger partial charge in [0.2, 0.25) is 0 Å². The summed E-state index contributed by atoms with van der Waals surface area (Å²) in [5.41, 5.74) is 0. The molecule has 6 heteroatoms. The monoisotopic (exact) mass is 258 g/mol. The summed E-state index contributed by atoms with van der Waals surface area (Å²) in [6, 6.07) is -0.111. The second-order valence-electron chi connectivity index (χ2n) is 4.68. The van der Waals surface area contributed by atoms with Crippen LogP contribution in [0.2, 0.25) is 0 Å². The highest BCUT2D eigenvalue weighted by atomic mass is 16.4. The Hall–Kier alpha value is -1.30. The first-order chi connectivity index (χ1) is 8.52. The molecule has 1 saturated carbocycles. The summed E-state index contributed by atoms with van der Waals surface area (Å²) in [6.07, 6.45) is 2.71. The van der Waals surface area contributed by atoms with E-state index in [2.05, 4.69) is 5.32 Å². The summed E-state index contributed by atoms with van der Waals surface area (Å²) < 4.78 is 0. The number of aliphatic carboxylic acids is 1. The van der Waals surface area contributed by atoms with Gasteiger partial charge in [0.1, 0.15) is 0 Å². The van der Waals surface area contributed by atoms with Crippen LogP contribution < -0.4 is 5.32 Å². The molecule has 0 aromatic rings. The van der Waals surface area contributed by atoms with E-state index in [1.807, 2.05) is 6.92 Å². The predicted molar refractivity (Wildman–Crippen MR) is 66.3 cm³/mol. The maximum absolute atomic E-state index is 11.9. The van der Waals surface area contributed by atoms with Crippen LogP contribution >= 0.6 is 0 Å². The SMILES string of the molecule is CCN(CCC(=O)O)C(=O)NC1CCC(O)CC1. The van der Waals surface area contributed by atoms with Gasteiger partial charge in [0.25, 0.3) is 0 Å². The lowest BCUT2D eigenvalue weighted by Gasteiger charge is -2.29. The zero-order valence-electron chi connectivity index (χ0n) is 10.8. The summed E-state index contributed by atoms with van der Waals surface area (Å²) in [5, 5.41) is 20.9. The highest BCUT2D eigenvalue weighted by Gasteiger charge is 2.22. The van der Waals surface area contributed by atoms with E-state index in [0.717, 1.165) is 12.8 Å². The quantitative estimate of drug-likeness (QED) is 0.680. The number of aliphatic hydroxyl groups excluding tert-OH is 1. The average Bonchev–Trinajstić information content (AvgIpc) is 2.32. The van der Waals surface area contributed by atoms with Crippen molar-refractivity contribution in [2.75, 3.05) is 13.1 Å². The van der Waals surface area contributed by atoms with Crippen LogP contribution in [-0.4, -0.2) is 52.3 Å². The first kappa shape index (κ1) is 14.8. The van der Waals surface area contributed by atoms with E-state index in [1.54, 1.807) is 0 Å². The van der Waals surface area contributed by atoms with Crippen molar-refractivity contribution in [3.05, 3.63) is 0 Å². The van der Waals surface area contributed by atoms with Gasteiger partial charge >= 0.3 is 12.0 Å². The third-order valence-corrected chi connectivity index (χ3v) is 3.29. The second kappa shape index (κ2) is 7.20. The maximum atomic E-state index is 11.9. The van der Waals surface area contributed by atoms with Crippen LogP contribution in [-0.2, 0) is 4.79 Å². The van der Waals surface area contributed by atoms with Crippen molar-refractivity contribution >= 4 is 12.0 Å². The standard InChI is InChI=1S/C12H22N2O4/c1-2-14(8-7-11(16)17)12(18)13-9-3-5-10(15)6-4-9/h9-10,15H,2-8H2,1H3,(H,13,18)(H,16,17). The number of aliphatic hydroxyl groups is 1. The van der Waals surface area contributed by atoms with Crippen molar-refractivity contribution < 1.29 is 19.8 Å². The van der Waals surface area contributed by atoms with Crippen molar-refractivity contribution in [3.63, 3.8) is 0 Å². The predicted octanol–water partition coefficient (Wildman–Crippen LogP) is 0.796. The Balaban J connectivity index is 2.35. The fourth-order valence-corrected chi connectivity index (χ4v) is 2.12. The van der Waals surface area contributed by atoms with Gasteiger partial charge in [-0.1, -0.05) is 0 Å². The molecule has 1 aliphatic rings. The van der Waals surface area contributed by atoms with Crippen LogP contribution in [0.3, 0.4) is 0 Å². The van der Waals surface area contributed by atoms with Gasteiger partial charge in [-0.2, -0.15) is 0 Å². The number of nitrogens with zero attached hydrogens (tertiary/aromatic N) is 1. The van der Waals surface area contributed by atoms with E-state index < -0.39 is 5.97 Å². The molecule has 6 nitrogen and oxygen atoms in total. The van der Waals surface area contributed by atoms with Crippen molar-refractivity contribution in [3.8, 4) is 0 Å². The Labute approximate surface area is 107 Å². The van der Waals surface area contributed by atoms with Crippen molar-refractivity contribution in [1.82, 2.24) is 10.2 Å². The van der Waals surface area contributed by atoms with Crippen molar-refractivity contribution in [2.24, 2.45) is 0 Å². The first-order valence-corrected chi connectivity index (χ1v) is 6.48. The van der Waals surface area contributed by atoms with Gasteiger partial charge in [-0.3, -0.25) is 4.79 Å². The largest absolute Gasteiger partial charge is 0.481 e. The fraction of sp³-hybridized carbons (Fsp3) is 0.833. The van der Waals surface area contributed by atoms with E-state index >= 15 is 0 Å². The van der Waals surface area contributed by atoms with E-state index in [-0.39, 0.29) is 31.1 Å². The third kappa shape index (κ3) is 4.91. The normalized spacial score (nSPS) is 23.4. The summed E-state index contributed by atoms with van der Waals surface area (Å²) in [5.74, 6) is -0.901. The van der Waals surface area contributed by atoms with Crippen LogP contribution in [0.25, 0.3) is 0 Å². The highest BCUT2D eigenvalue weighted by molar-refractivity contribution is 5.75. The Bertz CT molecular complexity index is 288. The number of hydrogen-bond donors (Lipinski definition) is 3. The second-order valence-corrected chi connectivity index (χ2v) is 4.68. The molecular weight excluding hydrogens is 236 g/mol. The van der Waals surface area contributed by atoms with Gasteiger partial charge < -0.3 is 20.4 Å². The van der Waals surface area contributed by atoms with Crippen LogP contribution in [0.15, 0.2) is 0 Å². The molecule has 104 valence electrons. The minimum atomic E-state index is -0.901. The average molecular weight is 258 g/mol. The first-order valence-electron chi connectivity index (χ1n) is 6.48. The van der Waals surface area contributed by atoms with Crippen LogP contribution in [0.1, 0.15) is 39.0 Å². The molecule has 0 unspecified atom stereocenters. The number of carbonyl (C=O) groups is 2. The molecule has 0 atom stereocenters. The Morgan fingerprint density at radius 2 is 1.89 bits per heavy atom. The molecule has 2 amide bonds. The molecule has 1 rings (SSSR count). The molecule has 0 aliphatic heterocycles. The van der Waals surface area contributed by atoms with Gasteiger partial charge in [-0.25, -0.2) is 4.79 Å².